The van der Waals surface area contributed by atoms with Gasteiger partial charge in [-0.25, -0.2) is 4.39 Å². The first-order valence-electron chi connectivity index (χ1n) is 11.2. The molecule has 180 valence electrons. The zero-order valence-corrected chi connectivity index (χ0v) is 19.5. The maximum Gasteiger partial charge on any atom is 0.255 e. The van der Waals surface area contributed by atoms with Crippen LogP contribution < -0.4 is 20.3 Å². The monoisotopic (exact) mass is 475 g/mol. The highest BCUT2D eigenvalue weighted by Gasteiger charge is 2.36. The third-order valence-electron chi connectivity index (χ3n) is 5.86. The predicted octanol–water partition coefficient (Wildman–Crippen LogP) is 4.06. The van der Waals surface area contributed by atoms with Crippen molar-refractivity contribution >= 4 is 29.1 Å². The second-order valence-electron chi connectivity index (χ2n) is 8.46. The van der Waals surface area contributed by atoms with Crippen LogP contribution in [0.2, 0.25) is 0 Å². The number of rotatable bonds is 7. The van der Waals surface area contributed by atoms with Crippen LogP contribution in [0.25, 0.3) is 0 Å². The maximum absolute atomic E-state index is 13.4. The minimum absolute atomic E-state index is 0.118. The molecular formula is C27H26FN3O4. The third-order valence-corrected chi connectivity index (χ3v) is 5.86. The van der Waals surface area contributed by atoms with Gasteiger partial charge in [0.05, 0.1) is 18.7 Å². The molecule has 8 heteroatoms. The van der Waals surface area contributed by atoms with Crippen molar-refractivity contribution in [1.82, 2.24) is 5.32 Å². The lowest BCUT2D eigenvalue weighted by Gasteiger charge is -2.20. The van der Waals surface area contributed by atoms with Crippen LogP contribution in [0.1, 0.15) is 27.9 Å². The van der Waals surface area contributed by atoms with E-state index >= 15 is 0 Å². The second kappa shape index (κ2) is 10.4. The highest BCUT2D eigenvalue weighted by molar-refractivity contribution is 6.04. The number of ether oxygens (including phenoxy) is 1. The van der Waals surface area contributed by atoms with Gasteiger partial charge in [-0.05, 0) is 60.5 Å². The van der Waals surface area contributed by atoms with Gasteiger partial charge in [-0.2, -0.15) is 0 Å². The first-order chi connectivity index (χ1) is 16.8. The molecule has 3 amide bonds. The van der Waals surface area contributed by atoms with E-state index in [0.29, 0.717) is 17.1 Å². The molecule has 1 unspecified atom stereocenters. The number of nitrogens with zero attached hydrogens (tertiary/aromatic N) is 1. The number of nitrogens with one attached hydrogen (secondary N) is 2. The van der Waals surface area contributed by atoms with E-state index in [1.165, 1.54) is 18.2 Å². The Morgan fingerprint density at radius 1 is 1.09 bits per heavy atom. The average molecular weight is 476 g/mol. The van der Waals surface area contributed by atoms with Crippen LogP contribution in [0.3, 0.4) is 0 Å². The van der Waals surface area contributed by atoms with Gasteiger partial charge in [-0.3, -0.25) is 14.4 Å². The van der Waals surface area contributed by atoms with Crippen LogP contribution in [0.4, 0.5) is 15.8 Å². The first-order valence-corrected chi connectivity index (χ1v) is 11.2. The fraction of sp³-hybridized carbons (Fsp3) is 0.222. The molecule has 0 radical (unpaired) electrons. The summed E-state index contributed by atoms with van der Waals surface area (Å²) in [5.74, 6) is -1.16. The number of hydrogen-bond acceptors (Lipinski definition) is 4. The molecule has 1 fully saturated rings. The molecule has 2 N–H and O–H groups in total. The van der Waals surface area contributed by atoms with Gasteiger partial charge in [-0.1, -0.05) is 24.3 Å². The van der Waals surface area contributed by atoms with Gasteiger partial charge >= 0.3 is 0 Å². The zero-order chi connectivity index (χ0) is 24.9. The van der Waals surface area contributed by atoms with Gasteiger partial charge < -0.3 is 20.3 Å². The lowest BCUT2D eigenvalue weighted by Crippen LogP contribution is -2.32. The zero-order valence-electron chi connectivity index (χ0n) is 19.5. The van der Waals surface area contributed by atoms with Gasteiger partial charge in [0.1, 0.15) is 11.6 Å². The van der Waals surface area contributed by atoms with Crippen LogP contribution in [0.15, 0.2) is 66.7 Å². The number of carbonyl (C=O) groups is 3. The second-order valence-corrected chi connectivity index (χ2v) is 8.46. The Labute approximate surface area is 202 Å². The van der Waals surface area contributed by atoms with Gasteiger partial charge in [-0.15, -0.1) is 0 Å². The number of anilines is 2. The van der Waals surface area contributed by atoms with E-state index in [0.717, 1.165) is 17.2 Å². The number of carbonyl (C=O) groups excluding carboxylic acids is 3. The molecule has 1 aliphatic rings. The number of hydrogen-bond donors (Lipinski definition) is 2. The van der Waals surface area contributed by atoms with Crippen molar-refractivity contribution in [3.8, 4) is 5.75 Å². The Bertz CT molecular complexity index is 1280. The van der Waals surface area contributed by atoms with E-state index in [1.807, 2.05) is 31.2 Å². The van der Waals surface area contributed by atoms with E-state index < -0.39 is 17.6 Å². The van der Waals surface area contributed by atoms with Crippen molar-refractivity contribution in [3.63, 3.8) is 0 Å². The van der Waals surface area contributed by atoms with E-state index in [1.54, 1.807) is 30.2 Å². The Kier molecular flexibility index (Phi) is 7.10. The summed E-state index contributed by atoms with van der Waals surface area (Å²) in [5.41, 5.74) is 3.17. The van der Waals surface area contributed by atoms with Crippen LogP contribution in [-0.2, 0) is 16.1 Å². The van der Waals surface area contributed by atoms with Gasteiger partial charge in [0.2, 0.25) is 11.8 Å². The molecule has 7 nitrogen and oxygen atoms in total. The molecular weight excluding hydrogens is 449 g/mol. The van der Waals surface area contributed by atoms with Crippen LogP contribution in [-0.4, -0.2) is 31.4 Å². The van der Waals surface area contributed by atoms with Gasteiger partial charge in [0.25, 0.3) is 5.91 Å². The Morgan fingerprint density at radius 2 is 1.89 bits per heavy atom. The SMILES string of the molecule is COc1ccc(C)cc1N1CC(C(=O)NCc2cccc(NC(=O)c3cccc(F)c3)c2)CC1=O. The van der Waals surface area contributed by atoms with E-state index in [9.17, 15) is 18.8 Å². The first kappa shape index (κ1) is 23.9. The van der Waals surface area contributed by atoms with Crippen molar-refractivity contribution in [2.24, 2.45) is 5.92 Å². The van der Waals surface area contributed by atoms with E-state index in [4.69, 9.17) is 4.74 Å². The number of aryl methyl sites for hydroxylation is 1. The van der Waals surface area contributed by atoms with Gasteiger partial charge in [0, 0.05) is 30.8 Å². The molecule has 35 heavy (non-hydrogen) atoms. The molecule has 1 heterocycles. The fourth-order valence-corrected chi connectivity index (χ4v) is 4.05. The molecule has 1 saturated heterocycles. The molecule has 0 spiro atoms. The summed E-state index contributed by atoms with van der Waals surface area (Å²) < 4.78 is 18.8. The van der Waals surface area contributed by atoms with Crippen molar-refractivity contribution in [2.45, 2.75) is 19.9 Å². The van der Waals surface area contributed by atoms with Crippen molar-refractivity contribution < 1.29 is 23.5 Å². The molecule has 3 aromatic carbocycles. The molecule has 1 atom stereocenters. The number of methoxy groups -OCH3 is 1. The van der Waals surface area contributed by atoms with Crippen LogP contribution >= 0.6 is 0 Å². The minimum Gasteiger partial charge on any atom is -0.495 e. The third kappa shape index (κ3) is 5.66. The number of benzene rings is 3. The molecule has 3 aromatic rings. The average Bonchev–Trinajstić information content (AvgIpc) is 3.24. The van der Waals surface area contributed by atoms with Gasteiger partial charge in [0.15, 0.2) is 0 Å². The summed E-state index contributed by atoms with van der Waals surface area (Å²) in [5, 5.41) is 5.61. The van der Waals surface area contributed by atoms with Crippen molar-refractivity contribution in [1.29, 1.82) is 0 Å². The Balaban J connectivity index is 1.36. The van der Waals surface area contributed by atoms with E-state index in [2.05, 4.69) is 10.6 Å². The molecule has 0 aliphatic carbocycles. The summed E-state index contributed by atoms with van der Waals surface area (Å²) in [6.45, 7) is 2.44. The highest BCUT2D eigenvalue weighted by atomic mass is 19.1. The quantitative estimate of drug-likeness (QED) is 0.540. The summed E-state index contributed by atoms with van der Waals surface area (Å²) >= 11 is 0. The smallest absolute Gasteiger partial charge is 0.255 e. The Hall–Kier alpha value is -4.20. The fourth-order valence-electron chi connectivity index (χ4n) is 4.05. The maximum atomic E-state index is 13.4. The Morgan fingerprint density at radius 3 is 2.66 bits per heavy atom. The van der Waals surface area contributed by atoms with Crippen LogP contribution in [0, 0.1) is 18.7 Å². The molecule has 4 rings (SSSR count). The van der Waals surface area contributed by atoms with Crippen molar-refractivity contribution in [3.05, 3.63) is 89.2 Å². The highest BCUT2D eigenvalue weighted by Crippen LogP contribution is 2.34. The lowest BCUT2D eigenvalue weighted by molar-refractivity contribution is -0.126. The summed E-state index contributed by atoms with van der Waals surface area (Å²) in [6, 6.07) is 18.1. The summed E-state index contributed by atoms with van der Waals surface area (Å²) in [7, 11) is 1.55. The molecule has 0 saturated carbocycles. The van der Waals surface area contributed by atoms with Crippen LogP contribution in [0.5, 0.6) is 5.75 Å². The largest absolute Gasteiger partial charge is 0.495 e. The molecule has 0 aromatic heterocycles. The normalized spacial score (nSPS) is 15.1. The number of amides is 3. The standard InChI is InChI=1S/C27H26FN3O4/c1-17-9-10-24(35-2)23(11-17)31-16-20(14-25(31)32)26(33)29-15-18-5-3-8-22(12-18)30-27(34)19-6-4-7-21(28)13-19/h3-13,20H,14-16H2,1-2H3,(H,29,33)(H,30,34). The van der Waals surface area contributed by atoms with E-state index in [-0.39, 0.29) is 36.9 Å². The summed E-state index contributed by atoms with van der Waals surface area (Å²) in [4.78, 5) is 39.4. The minimum atomic E-state index is -0.487. The number of halogens is 1. The molecule has 1 aliphatic heterocycles. The lowest BCUT2D eigenvalue weighted by atomic mass is 10.1. The predicted molar refractivity (Wildman–Crippen MR) is 131 cm³/mol. The van der Waals surface area contributed by atoms with Crippen molar-refractivity contribution in [2.75, 3.05) is 23.9 Å². The summed E-state index contributed by atoms with van der Waals surface area (Å²) in [6.07, 6.45) is 0.118. The topological polar surface area (TPSA) is 87.7 Å². The molecule has 0 bridgehead atoms.